The zero-order valence-electron chi connectivity index (χ0n) is 12.9. The Balaban J connectivity index is 1.91. The predicted octanol–water partition coefficient (Wildman–Crippen LogP) is 2.90. The Kier molecular flexibility index (Phi) is 3.35. The van der Waals surface area contributed by atoms with Crippen LogP contribution in [0.3, 0.4) is 0 Å². The van der Waals surface area contributed by atoms with Crippen LogP contribution in [0.2, 0.25) is 0 Å². The Morgan fingerprint density at radius 3 is 2.71 bits per heavy atom. The van der Waals surface area contributed by atoms with Crippen LogP contribution in [-0.4, -0.2) is 17.7 Å². The number of benzene rings is 1. The summed E-state index contributed by atoms with van der Waals surface area (Å²) in [5.74, 6) is 0.0442. The molecule has 0 saturated carbocycles. The first kappa shape index (κ1) is 15.4. The summed E-state index contributed by atoms with van der Waals surface area (Å²) in [6.07, 6.45) is -3.78. The standard InChI is InChI=1S/C18H17F3N2O/c19-18(20,21)14-5-2-1-4-13(14)17-8-12(9-22-10-17)15-6-3-7-16(24)23(15)11-17/h1-7,12,22H,8-11H2/t12-,17-/m1/s1. The molecule has 0 spiro atoms. The van der Waals surface area contributed by atoms with Gasteiger partial charge in [-0.3, -0.25) is 4.79 Å². The van der Waals surface area contributed by atoms with Crippen LogP contribution in [0.25, 0.3) is 0 Å². The van der Waals surface area contributed by atoms with Crippen molar-refractivity contribution in [2.45, 2.75) is 30.5 Å². The second-order valence-electron chi connectivity index (χ2n) is 6.73. The summed E-state index contributed by atoms with van der Waals surface area (Å²) in [5, 5.41) is 3.28. The molecule has 1 aromatic heterocycles. The van der Waals surface area contributed by atoms with Crippen molar-refractivity contribution >= 4 is 0 Å². The molecule has 1 fully saturated rings. The lowest BCUT2D eigenvalue weighted by atomic mass is 9.67. The fourth-order valence-electron chi connectivity index (χ4n) is 4.28. The predicted molar refractivity (Wildman–Crippen MR) is 84.1 cm³/mol. The van der Waals surface area contributed by atoms with Gasteiger partial charge in [0.1, 0.15) is 0 Å². The van der Waals surface area contributed by atoms with Crippen LogP contribution in [0.1, 0.15) is 29.2 Å². The average molecular weight is 334 g/mol. The Hall–Kier alpha value is -2.08. The van der Waals surface area contributed by atoms with E-state index in [2.05, 4.69) is 5.32 Å². The highest BCUT2D eigenvalue weighted by molar-refractivity contribution is 5.39. The van der Waals surface area contributed by atoms with Crippen LogP contribution in [-0.2, 0) is 18.1 Å². The van der Waals surface area contributed by atoms with Gasteiger partial charge in [-0.1, -0.05) is 24.3 Å². The molecule has 1 N–H and O–H groups in total. The lowest BCUT2D eigenvalue weighted by Gasteiger charge is -2.48. The minimum absolute atomic E-state index is 0.0442. The van der Waals surface area contributed by atoms with Crippen molar-refractivity contribution in [3.8, 4) is 0 Å². The first-order chi connectivity index (χ1) is 11.4. The third-order valence-corrected chi connectivity index (χ3v) is 5.26. The van der Waals surface area contributed by atoms with Crippen LogP contribution < -0.4 is 10.9 Å². The summed E-state index contributed by atoms with van der Waals surface area (Å²) in [6.45, 7) is 1.40. The molecule has 2 aromatic rings. The molecular formula is C18H17F3N2O. The summed E-state index contributed by atoms with van der Waals surface area (Å²) < 4.78 is 42.2. The zero-order chi connectivity index (χ0) is 16.9. The number of nitrogens with one attached hydrogen (secondary N) is 1. The average Bonchev–Trinajstić information content (AvgIpc) is 2.56. The van der Waals surface area contributed by atoms with Crippen LogP contribution in [0, 0.1) is 0 Å². The summed E-state index contributed by atoms with van der Waals surface area (Å²) in [4.78, 5) is 12.3. The normalized spacial score (nSPS) is 26.0. The molecule has 1 saturated heterocycles. The van der Waals surface area contributed by atoms with Crippen molar-refractivity contribution in [2.75, 3.05) is 13.1 Å². The minimum atomic E-state index is -4.40. The van der Waals surface area contributed by atoms with E-state index >= 15 is 0 Å². The molecular weight excluding hydrogens is 317 g/mol. The minimum Gasteiger partial charge on any atom is -0.315 e. The first-order valence-corrected chi connectivity index (χ1v) is 7.98. The molecule has 2 atom stereocenters. The summed E-state index contributed by atoms with van der Waals surface area (Å²) >= 11 is 0. The lowest BCUT2D eigenvalue weighted by molar-refractivity contribution is -0.139. The van der Waals surface area contributed by atoms with E-state index in [1.54, 1.807) is 22.8 Å². The number of nitrogens with zero attached hydrogens (tertiary/aromatic N) is 1. The molecule has 2 bridgehead atoms. The molecule has 3 nitrogen and oxygen atoms in total. The maximum absolute atomic E-state index is 13.5. The van der Waals surface area contributed by atoms with Crippen molar-refractivity contribution in [3.05, 3.63) is 69.6 Å². The van der Waals surface area contributed by atoms with Crippen molar-refractivity contribution in [3.63, 3.8) is 0 Å². The SMILES string of the molecule is O=c1cccc2n1C[C@]1(c3ccccc3C(F)(F)F)CNC[C@H]2C1. The number of aromatic nitrogens is 1. The Labute approximate surface area is 137 Å². The second-order valence-corrected chi connectivity index (χ2v) is 6.73. The highest BCUT2D eigenvalue weighted by Crippen LogP contribution is 2.46. The van der Waals surface area contributed by atoms with Gasteiger partial charge in [0.2, 0.25) is 0 Å². The maximum Gasteiger partial charge on any atom is 0.416 e. The van der Waals surface area contributed by atoms with E-state index < -0.39 is 17.2 Å². The number of rotatable bonds is 1. The molecule has 0 radical (unpaired) electrons. The molecule has 3 heterocycles. The van der Waals surface area contributed by atoms with E-state index in [9.17, 15) is 18.0 Å². The van der Waals surface area contributed by atoms with Gasteiger partial charge in [0.15, 0.2) is 0 Å². The van der Waals surface area contributed by atoms with Gasteiger partial charge >= 0.3 is 6.18 Å². The molecule has 2 aliphatic rings. The van der Waals surface area contributed by atoms with Gasteiger partial charge < -0.3 is 9.88 Å². The molecule has 0 unspecified atom stereocenters. The third kappa shape index (κ3) is 2.28. The quantitative estimate of drug-likeness (QED) is 0.870. The summed E-state index contributed by atoms with van der Waals surface area (Å²) in [6, 6.07) is 10.9. The van der Waals surface area contributed by atoms with Gasteiger partial charge in [-0.2, -0.15) is 13.2 Å². The van der Waals surface area contributed by atoms with Crippen LogP contribution in [0.15, 0.2) is 47.3 Å². The highest BCUT2D eigenvalue weighted by atomic mass is 19.4. The van der Waals surface area contributed by atoms with E-state index in [1.165, 1.54) is 12.1 Å². The zero-order valence-corrected chi connectivity index (χ0v) is 12.9. The van der Waals surface area contributed by atoms with Gasteiger partial charge in [-0.15, -0.1) is 0 Å². The van der Waals surface area contributed by atoms with Crippen LogP contribution in [0.5, 0.6) is 0 Å². The van der Waals surface area contributed by atoms with Gasteiger partial charge in [-0.05, 0) is 24.1 Å². The second kappa shape index (κ2) is 5.21. The van der Waals surface area contributed by atoms with Gasteiger partial charge in [0.25, 0.3) is 5.56 Å². The number of alkyl halides is 3. The number of fused-ring (bicyclic) bond motifs is 4. The van der Waals surface area contributed by atoms with E-state index in [4.69, 9.17) is 0 Å². The molecule has 6 heteroatoms. The van der Waals surface area contributed by atoms with E-state index in [-0.39, 0.29) is 23.6 Å². The molecule has 24 heavy (non-hydrogen) atoms. The van der Waals surface area contributed by atoms with Crippen molar-refractivity contribution in [2.24, 2.45) is 0 Å². The van der Waals surface area contributed by atoms with E-state index in [0.717, 1.165) is 11.8 Å². The maximum atomic E-state index is 13.5. The van der Waals surface area contributed by atoms with E-state index in [0.29, 0.717) is 19.5 Å². The summed E-state index contributed by atoms with van der Waals surface area (Å²) in [5.41, 5.74) is -0.258. The monoisotopic (exact) mass is 334 g/mol. The first-order valence-electron chi connectivity index (χ1n) is 7.98. The molecule has 126 valence electrons. The molecule has 0 aliphatic carbocycles. The van der Waals surface area contributed by atoms with Crippen LogP contribution >= 0.6 is 0 Å². The van der Waals surface area contributed by atoms with Gasteiger partial charge in [0, 0.05) is 42.7 Å². The molecule has 1 aromatic carbocycles. The number of piperidine rings is 1. The Morgan fingerprint density at radius 1 is 1.12 bits per heavy atom. The number of hydrogen-bond acceptors (Lipinski definition) is 2. The lowest BCUT2D eigenvalue weighted by Crippen LogP contribution is -2.55. The van der Waals surface area contributed by atoms with Crippen LogP contribution in [0.4, 0.5) is 13.2 Å². The van der Waals surface area contributed by atoms with Gasteiger partial charge in [-0.25, -0.2) is 0 Å². The fourth-order valence-corrected chi connectivity index (χ4v) is 4.28. The van der Waals surface area contributed by atoms with E-state index in [1.807, 2.05) is 6.07 Å². The van der Waals surface area contributed by atoms with Crippen molar-refractivity contribution < 1.29 is 13.2 Å². The topological polar surface area (TPSA) is 34.0 Å². The Bertz CT molecular complexity index is 843. The number of hydrogen-bond donors (Lipinski definition) is 1. The smallest absolute Gasteiger partial charge is 0.315 e. The largest absolute Gasteiger partial charge is 0.416 e. The van der Waals surface area contributed by atoms with Gasteiger partial charge in [0.05, 0.1) is 5.56 Å². The van der Waals surface area contributed by atoms with Crippen molar-refractivity contribution in [1.82, 2.24) is 9.88 Å². The Morgan fingerprint density at radius 2 is 1.92 bits per heavy atom. The van der Waals surface area contributed by atoms with Crippen molar-refractivity contribution in [1.29, 1.82) is 0 Å². The molecule has 2 aliphatic heterocycles. The molecule has 0 amide bonds. The number of halogens is 3. The fraction of sp³-hybridized carbons (Fsp3) is 0.389. The molecule has 4 rings (SSSR count). The third-order valence-electron chi connectivity index (χ3n) is 5.26. The number of pyridine rings is 1. The highest BCUT2D eigenvalue weighted by Gasteiger charge is 2.47. The summed E-state index contributed by atoms with van der Waals surface area (Å²) in [7, 11) is 0.